The molecule has 0 spiro atoms. The highest BCUT2D eigenvalue weighted by molar-refractivity contribution is 5.82. The summed E-state index contributed by atoms with van der Waals surface area (Å²) < 4.78 is 10.3. The summed E-state index contributed by atoms with van der Waals surface area (Å²) in [7, 11) is 0. The molecule has 0 aromatic rings. The van der Waals surface area contributed by atoms with Crippen molar-refractivity contribution in [2.24, 2.45) is 0 Å². The first-order valence-electron chi connectivity index (χ1n) is 5.81. The molecule has 1 heterocycles. The van der Waals surface area contributed by atoms with Crippen LogP contribution in [0, 0.1) is 0 Å². The van der Waals surface area contributed by atoms with Crippen LogP contribution in [0.15, 0.2) is 0 Å². The second-order valence-electron chi connectivity index (χ2n) is 5.92. The van der Waals surface area contributed by atoms with Crippen LogP contribution >= 0.6 is 0 Å². The zero-order chi connectivity index (χ0) is 13.3. The second kappa shape index (κ2) is 4.55. The number of alkyl carbamates (subject to hydrolysis) is 1. The Labute approximate surface area is 102 Å². The standard InChI is InChI=1S/C12H21NO4/c1-11(2,3)17-10(15)13-8-6-7-12(4,5)16-9(8)14/h8H,6-7H2,1-5H3,(H,13,15). The van der Waals surface area contributed by atoms with Gasteiger partial charge in [-0.3, -0.25) is 0 Å². The lowest BCUT2D eigenvalue weighted by Crippen LogP contribution is -2.50. The molecule has 0 bridgehead atoms. The van der Waals surface area contributed by atoms with E-state index in [1.165, 1.54) is 0 Å². The van der Waals surface area contributed by atoms with E-state index in [0.717, 1.165) is 6.42 Å². The predicted molar refractivity (Wildman–Crippen MR) is 62.6 cm³/mol. The van der Waals surface area contributed by atoms with Crippen LogP contribution in [0.1, 0.15) is 47.5 Å². The molecule has 1 rings (SSSR count). The summed E-state index contributed by atoms with van der Waals surface area (Å²) in [6, 6.07) is -0.599. The fourth-order valence-electron chi connectivity index (χ4n) is 1.59. The molecule has 1 unspecified atom stereocenters. The fourth-order valence-corrected chi connectivity index (χ4v) is 1.59. The Morgan fingerprint density at radius 3 is 2.53 bits per heavy atom. The van der Waals surface area contributed by atoms with Crippen LogP contribution < -0.4 is 5.32 Å². The maximum atomic E-state index is 11.6. The molecule has 1 atom stereocenters. The highest BCUT2D eigenvalue weighted by atomic mass is 16.6. The van der Waals surface area contributed by atoms with Crippen molar-refractivity contribution in [3.63, 3.8) is 0 Å². The van der Waals surface area contributed by atoms with Crippen molar-refractivity contribution in [1.29, 1.82) is 0 Å². The predicted octanol–water partition coefficient (Wildman–Crippen LogP) is 2.00. The van der Waals surface area contributed by atoms with Crippen LogP contribution in [0.2, 0.25) is 0 Å². The van der Waals surface area contributed by atoms with E-state index in [0.29, 0.717) is 6.42 Å². The number of hydrogen-bond acceptors (Lipinski definition) is 4. The summed E-state index contributed by atoms with van der Waals surface area (Å²) in [5.74, 6) is -0.396. The first-order valence-corrected chi connectivity index (χ1v) is 5.81. The maximum Gasteiger partial charge on any atom is 0.408 e. The summed E-state index contributed by atoms with van der Waals surface area (Å²) in [5, 5.41) is 2.53. The summed E-state index contributed by atoms with van der Waals surface area (Å²) in [6.45, 7) is 9.03. The summed E-state index contributed by atoms with van der Waals surface area (Å²) in [5.41, 5.74) is -1.01. The van der Waals surface area contributed by atoms with Crippen molar-refractivity contribution < 1.29 is 19.1 Å². The van der Waals surface area contributed by atoms with E-state index in [4.69, 9.17) is 9.47 Å². The van der Waals surface area contributed by atoms with Gasteiger partial charge in [-0.05, 0) is 47.5 Å². The molecule has 98 valence electrons. The number of carbonyl (C=O) groups is 2. The zero-order valence-electron chi connectivity index (χ0n) is 11.1. The van der Waals surface area contributed by atoms with Crippen LogP contribution in [0.25, 0.3) is 0 Å². The van der Waals surface area contributed by atoms with Gasteiger partial charge in [-0.2, -0.15) is 0 Å². The lowest BCUT2D eigenvalue weighted by atomic mass is 9.95. The molecule has 5 heteroatoms. The molecular formula is C12H21NO4. The minimum atomic E-state index is -0.599. The number of carbonyl (C=O) groups excluding carboxylic acids is 2. The van der Waals surface area contributed by atoms with Gasteiger partial charge >= 0.3 is 12.1 Å². The molecule has 0 radical (unpaired) electrons. The first kappa shape index (κ1) is 13.8. The molecule has 1 aliphatic rings. The van der Waals surface area contributed by atoms with Gasteiger partial charge in [-0.15, -0.1) is 0 Å². The van der Waals surface area contributed by atoms with Crippen LogP contribution in [-0.2, 0) is 14.3 Å². The Hall–Kier alpha value is -1.26. The van der Waals surface area contributed by atoms with Gasteiger partial charge in [0.25, 0.3) is 0 Å². The van der Waals surface area contributed by atoms with Crippen LogP contribution in [0.3, 0.4) is 0 Å². The molecule has 1 fully saturated rings. The Bertz CT molecular complexity index is 317. The summed E-state index contributed by atoms with van der Waals surface area (Å²) in [6.07, 6.45) is 0.712. The number of nitrogens with one attached hydrogen (secondary N) is 1. The van der Waals surface area contributed by atoms with E-state index < -0.39 is 29.3 Å². The SMILES string of the molecule is CC(C)(C)OC(=O)NC1CCC(C)(C)OC1=O. The third kappa shape index (κ3) is 4.63. The highest BCUT2D eigenvalue weighted by Gasteiger charge is 2.36. The van der Waals surface area contributed by atoms with E-state index >= 15 is 0 Å². The van der Waals surface area contributed by atoms with Crippen molar-refractivity contribution in [3.8, 4) is 0 Å². The Kier molecular flexibility index (Phi) is 3.69. The molecule has 0 saturated carbocycles. The Morgan fingerprint density at radius 2 is 2.06 bits per heavy atom. The molecule has 0 aliphatic carbocycles. The fraction of sp³-hybridized carbons (Fsp3) is 0.833. The van der Waals surface area contributed by atoms with Gasteiger partial charge in [0.2, 0.25) is 0 Å². The summed E-state index contributed by atoms with van der Waals surface area (Å²) >= 11 is 0. The number of esters is 1. The molecule has 5 nitrogen and oxygen atoms in total. The Balaban J connectivity index is 2.48. The van der Waals surface area contributed by atoms with Crippen molar-refractivity contribution >= 4 is 12.1 Å². The van der Waals surface area contributed by atoms with E-state index in [2.05, 4.69) is 5.32 Å². The molecule has 1 N–H and O–H groups in total. The smallest absolute Gasteiger partial charge is 0.408 e. The molecule has 1 aliphatic heterocycles. The average Bonchev–Trinajstić information content (AvgIpc) is 2.06. The van der Waals surface area contributed by atoms with Gasteiger partial charge in [-0.1, -0.05) is 0 Å². The monoisotopic (exact) mass is 243 g/mol. The van der Waals surface area contributed by atoms with Gasteiger partial charge in [0.15, 0.2) is 0 Å². The molecule has 17 heavy (non-hydrogen) atoms. The van der Waals surface area contributed by atoms with E-state index in [1.807, 2.05) is 13.8 Å². The van der Waals surface area contributed by atoms with Crippen molar-refractivity contribution in [2.45, 2.75) is 64.7 Å². The van der Waals surface area contributed by atoms with E-state index in [-0.39, 0.29) is 0 Å². The van der Waals surface area contributed by atoms with Crippen molar-refractivity contribution in [3.05, 3.63) is 0 Å². The first-order chi connectivity index (χ1) is 7.59. The maximum absolute atomic E-state index is 11.6. The third-order valence-electron chi connectivity index (χ3n) is 2.39. The second-order valence-corrected chi connectivity index (χ2v) is 5.92. The number of rotatable bonds is 1. The molecule has 1 amide bonds. The Morgan fingerprint density at radius 1 is 1.47 bits per heavy atom. The number of hydrogen-bond donors (Lipinski definition) is 1. The van der Waals surface area contributed by atoms with Gasteiger partial charge in [0.1, 0.15) is 17.2 Å². The third-order valence-corrected chi connectivity index (χ3v) is 2.39. The quantitative estimate of drug-likeness (QED) is 0.715. The lowest BCUT2D eigenvalue weighted by Gasteiger charge is -2.34. The van der Waals surface area contributed by atoms with Crippen LogP contribution in [0.5, 0.6) is 0 Å². The number of ether oxygens (including phenoxy) is 2. The minimum absolute atomic E-state index is 0.396. The van der Waals surface area contributed by atoms with E-state index in [1.54, 1.807) is 20.8 Å². The normalized spacial score (nSPS) is 23.8. The minimum Gasteiger partial charge on any atom is -0.458 e. The summed E-state index contributed by atoms with van der Waals surface area (Å²) in [4.78, 5) is 23.1. The highest BCUT2D eigenvalue weighted by Crippen LogP contribution is 2.24. The molecular weight excluding hydrogens is 222 g/mol. The van der Waals surface area contributed by atoms with Crippen molar-refractivity contribution in [1.82, 2.24) is 5.32 Å². The van der Waals surface area contributed by atoms with Gasteiger partial charge < -0.3 is 14.8 Å². The topological polar surface area (TPSA) is 64.6 Å². The molecule has 0 aromatic carbocycles. The lowest BCUT2D eigenvalue weighted by molar-refractivity contribution is -0.166. The van der Waals surface area contributed by atoms with Crippen molar-refractivity contribution in [2.75, 3.05) is 0 Å². The zero-order valence-corrected chi connectivity index (χ0v) is 11.1. The van der Waals surface area contributed by atoms with Crippen LogP contribution in [-0.4, -0.2) is 29.3 Å². The largest absolute Gasteiger partial charge is 0.458 e. The molecule has 0 aromatic heterocycles. The van der Waals surface area contributed by atoms with Gasteiger partial charge in [0, 0.05) is 0 Å². The van der Waals surface area contributed by atoms with Gasteiger partial charge in [-0.25, -0.2) is 9.59 Å². The average molecular weight is 243 g/mol. The van der Waals surface area contributed by atoms with Gasteiger partial charge in [0.05, 0.1) is 0 Å². The number of amides is 1. The van der Waals surface area contributed by atoms with E-state index in [9.17, 15) is 9.59 Å². The number of cyclic esters (lactones) is 1. The molecule has 1 saturated heterocycles. The van der Waals surface area contributed by atoms with Crippen LogP contribution in [0.4, 0.5) is 4.79 Å².